The highest BCUT2D eigenvalue weighted by Gasteiger charge is 2.34. The summed E-state index contributed by atoms with van der Waals surface area (Å²) in [5, 5.41) is 2.76. The van der Waals surface area contributed by atoms with E-state index in [2.05, 4.69) is 9.71 Å². The van der Waals surface area contributed by atoms with Gasteiger partial charge in [-0.2, -0.15) is 0 Å². The third-order valence-electron chi connectivity index (χ3n) is 4.61. The number of nitrogens with zero attached hydrogens (tertiary/aromatic N) is 3. The number of fused-ring (bicyclic) bond motifs is 1. The number of nitrogens with one attached hydrogen (secondary N) is 1. The Bertz CT molecular complexity index is 786. The van der Waals surface area contributed by atoms with Crippen molar-refractivity contribution in [3.05, 3.63) is 23.9 Å². The van der Waals surface area contributed by atoms with E-state index in [0.29, 0.717) is 39.0 Å². The molecule has 0 bridgehead atoms. The number of piperidine rings is 1. The van der Waals surface area contributed by atoms with Crippen molar-refractivity contribution < 1.29 is 18.0 Å². The number of amides is 2. The Kier molecular flexibility index (Phi) is 5.42. The number of carbonyl (C=O) groups is 2. The first kappa shape index (κ1) is 18.6. The van der Waals surface area contributed by atoms with Gasteiger partial charge in [0, 0.05) is 38.9 Å². The lowest BCUT2D eigenvalue weighted by atomic mass is 9.96. The third-order valence-corrected chi connectivity index (χ3v) is 5.76. The van der Waals surface area contributed by atoms with Gasteiger partial charge in [-0.25, -0.2) is 8.42 Å². The summed E-state index contributed by atoms with van der Waals surface area (Å²) in [5.41, 5.74) is 5.65. The molecule has 3 N–H and O–H groups in total. The number of carbonyl (C=O) groups excluding carboxylic acids is 2. The lowest BCUT2D eigenvalue weighted by Crippen LogP contribution is -2.49. The summed E-state index contributed by atoms with van der Waals surface area (Å²) < 4.78 is 27.5. The number of nitrogens with two attached hydrogens (primary N) is 1. The second-order valence-corrected chi connectivity index (χ2v) is 8.24. The van der Waals surface area contributed by atoms with Gasteiger partial charge >= 0.3 is 0 Å². The van der Waals surface area contributed by atoms with Crippen LogP contribution in [0.2, 0.25) is 0 Å². The highest BCUT2D eigenvalue weighted by atomic mass is 32.2. The van der Waals surface area contributed by atoms with Gasteiger partial charge in [-0.05, 0) is 25.0 Å². The van der Waals surface area contributed by atoms with Crippen molar-refractivity contribution in [3.63, 3.8) is 0 Å². The zero-order chi connectivity index (χ0) is 18.7. The number of sulfonamides is 1. The van der Waals surface area contributed by atoms with Crippen LogP contribution in [0.1, 0.15) is 12.8 Å². The van der Waals surface area contributed by atoms with Crippen molar-refractivity contribution in [1.29, 1.82) is 0 Å². The van der Waals surface area contributed by atoms with Crippen molar-refractivity contribution in [2.45, 2.75) is 12.8 Å². The van der Waals surface area contributed by atoms with Crippen LogP contribution in [-0.4, -0.2) is 74.3 Å². The van der Waals surface area contributed by atoms with Gasteiger partial charge in [0.1, 0.15) is 0 Å². The second kappa shape index (κ2) is 7.58. The average molecular weight is 381 g/mol. The van der Waals surface area contributed by atoms with Gasteiger partial charge in [0.05, 0.1) is 17.2 Å². The van der Waals surface area contributed by atoms with Crippen LogP contribution in [-0.2, 0) is 19.6 Å². The molecule has 10 heteroatoms. The highest BCUT2D eigenvalue weighted by molar-refractivity contribution is 7.90. The summed E-state index contributed by atoms with van der Waals surface area (Å²) in [6, 6.07) is 0. The molecule has 9 nitrogen and oxygen atoms in total. The Morgan fingerprint density at radius 2 is 2.15 bits per heavy atom. The second-order valence-electron chi connectivity index (χ2n) is 6.49. The normalized spacial score (nSPS) is 24.4. The molecular weight excluding hydrogens is 358 g/mol. The highest BCUT2D eigenvalue weighted by Crippen LogP contribution is 2.23. The monoisotopic (exact) mass is 381 g/mol. The summed E-state index contributed by atoms with van der Waals surface area (Å²) in [5.74, 6) is -0.600. The van der Waals surface area contributed by atoms with E-state index < -0.39 is 10.0 Å². The van der Waals surface area contributed by atoms with E-state index in [1.54, 1.807) is 28.2 Å². The molecule has 1 fully saturated rings. The molecule has 3 heterocycles. The molecule has 0 aromatic carbocycles. The maximum absolute atomic E-state index is 13.0. The Balaban J connectivity index is 1.76. The molecule has 3 rings (SSSR count). The predicted molar refractivity (Wildman–Crippen MR) is 96.5 cm³/mol. The van der Waals surface area contributed by atoms with E-state index in [1.807, 2.05) is 0 Å². The van der Waals surface area contributed by atoms with Gasteiger partial charge in [-0.15, -0.1) is 4.40 Å². The smallest absolute Gasteiger partial charge is 0.257 e. The van der Waals surface area contributed by atoms with Crippen molar-refractivity contribution in [1.82, 2.24) is 15.1 Å². The van der Waals surface area contributed by atoms with Gasteiger partial charge in [-0.3, -0.25) is 9.59 Å². The summed E-state index contributed by atoms with van der Waals surface area (Å²) in [6.07, 6.45) is 6.42. The summed E-state index contributed by atoms with van der Waals surface area (Å²) in [4.78, 5) is 28.4. The van der Waals surface area contributed by atoms with E-state index in [0.717, 1.165) is 0 Å². The molecule has 1 atom stereocenters. The molecule has 1 unspecified atom stereocenters. The first-order valence-electron chi connectivity index (χ1n) is 8.66. The Labute approximate surface area is 152 Å². The number of allylic oxidation sites excluding steroid dienone is 2. The molecule has 3 aliphatic heterocycles. The summed E-state index contributed by atoms with van der Waals surface area (Å²) in [6.45, 7) is 1.87. The molecule has 0 spiro atoms. The van der Waals surface area contributed by atoms with Gasteiger partial charge < -0.3 is 20.9 Å². The van der Waals surface area contributed by atoms with Crippen LogP contribution in [0.5, 0.6) is 0 Å². The van der Waals surface area contributed by atoms with E-state index in [1.165, 1.54) is 0 Å². The standard InChI is InChI=1S/C16H23N5O4S/c17-5-6-18-15(22)12-3-1-8-21(11-12)16(23)13-4-2-7-20-9-10-26(24,25)19-14(13)20/h2,4,7,12H,1,3,5-6,8-11,17H2,(H,18,22). The first-order chi connectivity index (χ1) is 12.4. The number of likely N-dealkylation sites (tertiary alicyclic amines) is 1. The van der Waals surface area contributed by atoms with Crippen LogP contribution in [0.25, 0.3) is 0 Å². The van der Waals surface area contributed by atoms with Gasteiger partial charge in [0.2, 0.25) is 5.91 Å². The Morgan fingerprint density at radius 3 is 2.92 bits per heavy atom. The summed E-state index contributed by atoms with van der Waals surface area (Å²) >= 11 is 0. The molecule has 26 heavy (non-hydrogen) atoms. The number of amidine groups is 1. The van der Waals surface area contributed by atoms with Gasteiger partial charge in [0.15, 0.2) is 5.84 Å². The number of rotatable bonds is 4. The molecule has 3 aliphatic rings. The quantitative estimate of drug-likeness (QED) is 0.630. The van der Waals surface area contributed by atoms with Gasteiger partial charge in [-0.1, -0.05) is 0 Å². The maximum atomic E-state index is 13.0. The molecule has 0 saturated carbocycles. The van der Waals surface area contributed by atoms with Crippen LogP contribution in [0, 0.1) is 5.92 Å². The van der Waals surface area contributed by atoms with E-state index in [4.69, 9.17) is 5.73 Å². The zero-order valence-corrected chi connectivity index (χ0v) is 15.2. The third kappa shape index (κ3) is 3.96. The fourth-order valence-corrected chi connectivity index (χ4v) is 4.25. The van der Waals surface area contributed by atoms with E-state index in [9.17, 15) is 18.0 Å². The predicted octanol–water partition coefficient (Wildman–Crippen LogP) is -1.20. The molecule has 0 aromatic heterocycles. The molecule has 1 saturated heterocycles. The van der Waals surface area contributed by atoms with Crippen molar-refractivity contribution in [2.24, 2.45) is 16.0 Å². The van der Waals surface area contributed by atoms with Crippen LogP contribution >= 0.6 is 0 Å². The Morgan fingerprint density at radius 1 is 1.35 bits per heavy atom. The van der Waals surface area contributed by atoms with E-state index in [-0.39, 0.29) is 41.4 Å². The van der Waals surface area contributed by atoms with Crippen LogP contribution < -0.4 is 11.1 Å². The van der Waals surface area contributed by atoms with Crippen LogP contribution in [0.15, 0.2) is 28.3 Å². The minimum absolute atomic E-state index is 0.0740. The van der Waals surface area contributed by atoms with E-state index >= 15 is 0 Å². The number of hydrogen-bond donors (Lipinski definition) is 2. The maximum Gasteiger partial charge on any atom is 0.257 e. The topological polar surface area (TPSA) is 125 Å². The molecule has 0 radical (unpaired) electrons. The molecular formula is C16H23N5O4S. The average Bonchev–Trinajstić information content (AvgIpc) is 2.64. The summed E-state index contributed by atoms with van der Waals surface area (Å²) in [7, 11) is -3.56. The van der Waals surface area contributed by atoms with Crippen LogP contribution in [0.3, 0.4) is 0 Å². The number of hydrogen-bond acceptors (Lipinski definition) is 6. The lowest BCUT2D eigenvalue weighted by Gasteiger charge is -2.35. The molecule has 2 amide bonds. The fraction of sp³-hybridized carbons (Fsp3) is 0.562. The minimum Gasteiger partial charge on any atom is -0.355 e. The SMILES string of the molecule is NCCNC(=O)C1CCCN(C(=O)C2=CC=CN3CCS(=O)(=O)N=C23)C1. The Hall–Kier alpha value is -2.20. The lowest BCUT2D eigenvalue weighted by molar-refractivity contribution is -0.132. The van der Waals surface area contributed by atoms with Crippen molar-refractivity contribution >= 4 is 27.7 Å². The van der Waals surface area contributed by atoms with Crippen molar-refractivity contribution in [2.75, 3.05) is 38.5 Å². The zero-order valence-electron chi connectivity index (χ0n) is 14.4. The van der Waals surface area contributed by atoms with Crippen LogP contribution in [0.4, 0.5) is 0 Å². The molecule has 142 valence electrons. The fourth-order valence-electron chi connectivity index (χ4n) is 3.27. The van der Waals surface area contributed by atoms with Gasteiger partial charge in [0.25, 0.3) is 15.9 Å². The molecule has 0 aliphatic carbocycles. The van der Waals surface area contributed by atoms with Crippen molar-refractivity contribution in [3.8, 4) is 0 Å². The first-order valence-corrected chi connectivity index (χ1v) is 10.3. The minimum atomic E-state index is -3.56. The largest absolute Gasteiger partial charge is 0.355 e. The molecule has 0 aromatic rings.